The number of carbonyl (C=O) groups is 2. The molecular weight excluding hydrogens is 154 g/mol. The number of Topliss-reactive ketones (excluding diaryl/α,β-unsaturated/α-hetero) is 1. The number of ketones is 1. The molecule has 0 aliphatic rings. The highest BCUT2D eigenvalue weighted by atomic mass is 16.1. The van der Waals surface area contributed by atoms with Crippen molar-refractivity contribution in [3.8, 4) is 0 Å². The summed E-state index contributed by atoms with van der Waals surface area (Å²) in [7, 11) is 0. The van der Waals surface area contributed by atoms with Crippen LogP contribution < -0.4 is 0 Å². The topological polar surface area (TPSA) is 47.0 Å². The van der Waals surface area contributed by atoms with Crippen molar-refractivity contribution in [3.63, 3.8) is 0 Å². The van der Waals surface area contributed by atoms with Gasteiger partial charge >= 0.3 is 0 Å². The molecule has 0 saturated heterocycles. The second kappa shape index (κ2) is 3.76. The number of aromatic nitrogens is 1. The van der Waals surface area contributed by atoms with E-state index in [4.69, 9.17) is 0 Å². The normalized spacial score (nSPS) is 9.42. The first-order valence-corrected chi connectivity index (χ1v) is 3.63. The van der Waals surface area contributed by atoms with Crippen LogP contribution in [0.15, 0.2) is 18.3 Å². The standard InChI is InChI=1S/C9H9NO2/c1-7-2-3-8(10-6-7)9(12)4-5-11/h2-3,5-6H,4H2,1H3. The number of aldehydes is 1. The van der Waals surface area contributed by atoms with E-state index in [-0.39, 0.29) is 12.2 Å². The Morgan fingerprint density at radius 2 is 2.33 bits per heavy atom. The molecule has 3 heteroatoms. The van der Waals surface area contributed by atoms with Crippen molar-refractivity contribution in [3.05, 3.63) is 29.6 Å². The highest BCUT2D eigenvalue weighted by Gasteiger charge is 2.04. The van der Waals surface area contributed by atoms with Crippen molar-refractivity contribution >= 4 is 12.1 Å². The number of carbonyl (C=O) groups excluding carboxylic acids is 2. The lowest BCUT2D eigenvalue weighted by Gasteiger charge is -1.95. The molecule has 0 spiro atoms. The fourth-order valence-corrected chi connectivity index (χ4v) is 0.813. The van der Waals surface area contributed by atoms with Gasteiger partial charge in [0.1, 0.15) is 12.0 Å². The first-order chi connectivity index (χ1) is 5.74. The molecule has 62 valence electrons. The molecular formula is C9H9NO2. The summed E-state index contributed by atoms with van der Waals surface area (Å²) in [6.07, 6.45) is 2.11. The van der Waals surface area contributed by atoms with Gasteiger partial charge in [0.15, 0.2) is 5.78 Å². The summed E-state index contributed by atoms with van der Waals surface area (Å²) < 4.78 is 0. The Hall–Kier alpha value is -1.51. The van der Waals surface area contributed by atoms with Crippen LogP contribution in [0.1, 0.15) is 22.5 Å². The van der Waals surface area contributed by atoms with Crippen molar-refractivity contribution < 1.29 is 9.59 Å². The van der Waals surface area contributed by atoms with Crippen molar-refractivity contribution in [1.29, 1.82) is 0 Å². The van der Waals surface area contributed by atoms with Crippen LogP contribution in [0.5, 0.6) is 0 Å². The van der Waals surface area contributed by atoms with Crippen LogP contribution in [-0.2, 0) is 4.79 Å². The van der Waals surface area contributed by atoms with Gasteiger partial charge in [-0.15, -0.1) is 0 Å². The van der Waals surface area contributed by atoms with Gasteiger partial charge in [0.2, 0.25) is 0 Å². The van der Waals surface area contributed by atoms with Crippen LogP contribution in [0.4, 0.5) is 0 Å². The Bertz CT molecular complexity index is 290. The zero-order valence-corrected chi connectivity index (χ0v) is 6.78. The van der Waals surface area contributed by atoms with Crippen molar-refractivity contribution in [2.75, 3.05) is 0 Å². The number of pyridine rings is 1. The average molecular weight is 163 g/mol. The van der Waals surface area contributed by atoms with Gasteiger partial charge in [-0.1, -0.05) is 6.07 Å². The molecule has 1 heterocycles. The average Bonchev–Trinajstić information content (AvgIpc) is 2.06. The maximum absolute atomic E-state index is 11.1. The molecule has 1 aromatic heterocycles. The molecule has 0 aliphatic carbocycles. The van der Waals surface area contributed by atoms with Crippen LogP contribution >= 0.6 is 0 Å². The molecule has 0 unspecified atom stereocenters. The number of aryl methyl sites for hydroxylation is 1. The van der Waals surface area contributed by atoms with E-state index in [0.717, 1.165) is 5.56 Å². The molecule has 0 N–H and O–H groups in total. The van der Waals surface area contributed by atoms with E-state index in [9.17, 15) is 9.59 Å². The quantitative estimate of drug-likeness (QED) is 0.381. The summed E-state index contributed by atoms with van der Waals surface area (Å²) in [4.78, 5) is 25.0. The Kier molecular flexibility index (Phi) is 2.69. The van der Waals surface area contributed by atoms with Crippen molar-refractivity contribution in [1.82, 2.24) is 4.98 Å². The Labute approximate surface area is 70.4 Å². The third-order valence-electron chi connectivity index (χ3n) is 1.47. The molecule has 0 radical (unpaired) electrons. The summed E-state index contributed by atoms with van der Waals surface area (Å²) in [5.41, 5.74) is 1.35. The van der Waals surface area contributed by atoms with Crippen molar-refractivity contribution in [2.45, 2.75) is 13.3 Å². The molecule has 3 nitrogen and oxygen atoms in total. The van der Waals surface area contributed by atoms with Gasteiger partial charge in [-0.25, -0.2) is 0 Å². The largest absolute Gasteiger partial charge is 0.303 e. The van der Waals surface area contributed by atoms with Crippen molar-refractivity contribution in [2.24, 2.45) is 0 Å². The molecule has 0 saturated carbocycles. The Morgan fingerprint density at radius 1 is 1.58 bits per heavy atom. The third kappa shape index (κ3) is 1.99. The van der Waals surface area contributed by atoms with Crippen LogP contribution in [0.25, 0.3) is 0 Å². The van der Waals surface area contributed by atoms with E-state index >= 15 is 0 Å². The van der Waals surface area contributed by atoms with Crippen LogP contribution in [-0.4, -0.2) is 17.1 Å². The monoisotopic (exact) mass is 163 g/mol. The van der Waals surface area contributed by atoms with Gasteiger partial charge in [-0.2, -0.15) is 0 Å². The van der Waals surface area contributed by atoms with Gasteiger partial charge in [0, 0.05) is 6.20 Å². The van der Waals surface area contributed by atoms with Gasteiger partial charge < -0.3 is 4.79 Å². The predicted octanol–water partition coefficient (Wildman–Crippen LogP) is 1.16. The summed E-state index contributed by atoms with van der Waals surface area (Å²) in [5.74, 6) is -0.231. The van der Waals surface area contributed by atoms with Gasteiger partial charge in [0.25, 0.3) is 0 Å². The lowest BCUT2D eigenvalue weighted by Crippen LogP contribution is -2.01. The fourth-order valence-electron chi connectivity index (χ4n) is 0.813. The van der Waals surface area contributed by atoms with Crippen LogP contribution in [0, 0.1) is 6.92 Å². The molecule has 12 heavy (non-hydrogen) atoms. The molecule has 0 amide bonds. The lowest BCUT2D eigenvalue weighted by molar-refractivity contribution is -0.107. The Balaban J connectivity index is 2.82. The van der Waals surface area contributed by atoms with E-state index in [1.165, 1.54) is 0 Å². The smallest absolute Gasteiger partial charge is 0.188 e. The molecule has 1 rings (SSSR count). The van der Waals surface area contributed by atoms with E-state index in [2.05, 4.69) is 4.98 Å². The number of rotatable bonds is 3. The maximum Gasteiger partial charge on any atom is 0.188 e. The summed E-state index contributed by atoms with van der Waals surface area (Å²) in [6.45, 7) is 1.89. The first kappa shape index (κ1) is 8.59. The van der Waals surface area contributed by atoms with Gasteiger partial charge in [-0.3, -0.25) is 9.78 Å². The van der Waals surface area contributed by atoms with E-state index < -0.39 is 0 Å². The molecule has 0 fully saturated rings. The number of nitrogens with zero attached hydrogens (tertiary/aromatic N) is 1. The highest BCUT2D eigenvalue weighted by Crippen LogP contribution is 2.00. The van der Waals surface area contributed by atoms with E-state index in [0.29, 0.717) is 12.0 Å². The summed E-state index contributed by atoms with van der Waals surface area (Å²) in [6, 6.07) is 3.42. The highest BCUT2D eigenvalue weighted by molar-refractivity contribution is 6.01. The lowest BCUT2D eigenvalue weighted by atomic mass is 10.2. The summed E-state index contributed by atoms with van der Waals surface area (Å²) in [5, 5.41) is 0. The number of hydrogen-bond acceptors (Lipinski definition) is 3. The van der Waals surface area contributed by atoms with Gasteiger partial charge in [0.05, 0.1) is 6.42 Å². The molecule has 0 atom stereocenters. The molecule has 0 bridgehead atoms. The third-order valence-corrected chi connectivity index (χ3v) is 1.47. The second-order valence-corrected chi connectivity index (χ2v) is 2.51. The zero-order valence-electron chi connectivity index (χ0n) is 6.78. The Morgan fingerprint density at radius 3 is 2.83 bits per heavy atom. The van der Waals surface area contributed by atoms with E-state index in [1.54, 1.807) is 18.3 Å². The maximum atomic E-state index is 11.1. The predicted molar refractivity (Wildman–Crippen MR) is 44.0 cm³/mol. The van der Waals surface area contributed by atoms with Crippen LogP contribution in [0.3, 0.4) is 0 Å². The number of hydrogen-bond donors (Lipinski definition) is 0. The zero-order chi connectivity index (χ0) is 8.97. The SMILES string of the molecule is Cc1ccc(C(=O)CC=O)nc1. The van der Waals surface area contributed by atoms with Gasteiger partial charge in [-0.05, 0) is 18.6 Å². The van der Waals surface area contributed by atoms with Crippen LogP contribution in [0.2, 0.25) is 0 Å². The summed E-state index contributed by atoms with van der Waals surface area (Å²) >= 11 is 0. The second-order valence-electron chi connectivity index (χ2n) is 2.51. The minimum absolute atomic E-state index is 0.0872. The molecule has 0 aromatic carbocycles. The molecule has 0 aliphatic heterocycles. The van der Waals surface area contributed by atoms with E-state index in [1.807, 2.05) is 6.92 Å². The fraction of sp³-hybridized carbons (Fsp3) is 0.222. The first-order valence-electron chi connectivity index (χ1n) is 3.63. The molecule has 1 aromatic rings. The minimum atomic E-state index is -0.231. The minimum Gasteiger partial charge on any atom is -0.303 e.